The Bertz CT molecular complexity index is 1140. The molecule has 1 amide bonds. The normalized spacial score (nSPS) is 21.1. The lowest BCUT2D eigenvalue weighted by atomic mass is 10.1. The molecular weight excluding hydrogens is 466 g/mol. The predicted octanol–water partition coefficient (Wildman–Crippen LogP) is 3.00. The van der Waals surface area contributed by atoms with Gasteiger partial charge >= 0.3 is 12.4 Å². The van der Waals surface area contributed by atoms with Crippen molar-refractivity contribution in [2.24, 2.45) is 5.41 Å². The number of hydrogen-bond acceptors (Lipinski definition) is 5. The molecule has 0 bridgehead atoms. The lowest BCUT2D eigenvalue weighted by Gasteiger charge is -2.25. The maximum absolute atomic E-state index is 13.7. The van der Waals surface area contributed by atoms with Crippen LogP contribution in [0.3, 0.4) is 0 Å². The Morgan fingerprint density at radius 3 is 2.34 bits per heavy atom. The Morgan fingerprint density at radius 2 is 1.81 bits per heavy atom. The first-order valence-corrected chi connectivity index (χ1v) is 11.0. The van der Waals surface area contributed by atoms with Crippen molar-refractivity contribution in [2.45, 2.75) is 41.8 Å². The zero-order valence-corrected chi connectivity index (χ0v) is 17.0. The summed E-state index contributed by atoms with van der Waals surface area (Å²) in [7, 11) is -4.61. The van der Waals surface area contributed by atoms with E-state index in [0.29, 0.717) is 6.07 Å². The second-order valence-corrected chi connectivity index (χ2v) is 10.0. The van der Waals surface area contributed by atoms with Gasteiger partial charge in [0.05, 0.1) is 33.8 Å². The Hall–Kier alpha value is -2.64. The third-order valence-corrected chi connectivity index (χ3v) is 8.07. The van der Waals surface area contributed by atoms with Crippen molar-refractivity contribution >= 4 is 15.7 Å². The fraction of sp³-hybridized carbons (Fsp3) is 0.500. The molecule has 2 heterocycles. The van der Waals surface area contributed by atoms with Crippen LogP contribution in [0.2, 0.25) is 0 Å². The summed E-state index contributed by atoms with van der Waals surface area (Å²) in [5, 5.41) is 5.61. The van der Waals surface area contributed by atoms with Crippen LogP contribution in [0.15, 0.2) is 35.5 Å². The molecule has 14 heteroatoms. The maximum Gasteiger partial charge on any atom is 0.417 e. The molecule has 174 valence electrons. The summed E-state index contributed by atoms with van der Waals surface area (Å²) in [6.45, 7) is -0.875. The van der Waals surface area contributed by atoms with Gasteiger partial charge in [-0.25, -0.2) is 13.1 Å². The zero-order valence-electron chi connectivity index (χ0n) is 16.2. The van der Waals surface area contributed by atoms with Crippen molar-refractivity contribution in [2.75, 3.05) is 13.1 Å². The van der Waals surface area contributed by atoms with E-state index in [1.54, 1.807) is 0 Å². The van der Waals surface area contributed by atoms with E-state index in [1.807, 2.05) is 0 Å². The standard InChI is InChI=1S/C18H16F6N4O3S/c19-17(20,21)13-9-11(28-8-6-25-26-28)1-2-14(13)32(30,31)12-3-7-27(10-12)15(29)16(4-5-16)18(22,23)24/h1-2,6,8-9,12H,3-5,7,10H2. The van der Waals surface area contributed by atoms with Crippen LogP contribution in [-0.4, -0.2) is 58.7 Å². The molecule has 2 fully saturated rings. The maximum atomic E-state index is 13.7. The molecule has 0 N–H and O–H groups in total. The molecule has 32 heavy (non-hydrogen) atoms. The monoisotopic (exact) mass is 482 g/mol. The van der Waals surface area contributed by atoms with E-state index in [9.17, 15) is 39.6 Å². The Morgan fingerprint density at radius 1 is 1.12 bits per heavy atom. The van der Waals surface area contributed by atoms with Crippen LogP contribution >= 0.6 is 0 Å². The van der Waals surface area contributed by atoms with E-state index < -0.39 is 55.8 Å². The number of amides is 1. The van der Waals surface area contributed by atoms with Gasteiger partial charge < -0.3 is 4.90 Å². The SMILES string of the molecule is O=C(N1CCC(S(=O)(=O)c2ccc(-n3ccnn3)cc2C(F)(F)F)C1)C1(C(F)(F)F)CC1. The first-order chi connectivity index (χ1) is 14.8. The summed E-state index contributed by atoms with van der Waals surface area (Å²) in [4.78, 5) is 12.2. The summed E-state index contributed by atoms with van der Waals surface area (Å²) in [5.41, 5.74) is -4.01. The van der Waals surface area contributed by atoms with Gasteiger partial charge in [0, 0.05) is 13.1 Å². The average Bonchev–Trinajstić information content (AvgIpc) is 3.13. The molecule has 4 rings (SSSR count). The molecule has 0 spiro atoms. The molecule has 1 aliphatic carbocycles. The first-order valence-electron chi connectivity index (χ1n) is 9.45. The molecule has 2 aliphatic rings. The van der Waals surface area contributed by atoms with Gasteiger partial charge in [-0.2, -0.15) is 26.3 Å². The Kier molecular flexibility index (Phi) is 5.06. The van der Waals surface area contributed by atoms with Crippen LogP contribution < -0.4 is 0 Å². The van der Waals surface area contributed by atoms with Crippen molar-refractivity contribution in [3.05, 3.63) is 36.2 Å². The van der Waals surface area contributed by atoms with Gasteiger partial charge in [0.25, 0.3) is 0 Å². The minimum atomic E-state index is -5.03. The van der Waals surface area contributed by atoms with Gasteiger partial charge in [0.1, 0.15) is 5.41 Å². The number of carbonyl (C=O) groups excluding carboxylic acids is 1. The summed E-state index contributed by atoms with van der Waals surface area (Å²) in [5.74, 6) is -1.22. The molecule has 1 saturated carbocycles. The van der Waals surface area contributed by atoms with Crippen molar-refractivity contribution < 1.29 is 39.6 Å². The number of nitrogens with zero attached hydrogens (tertiary/aromatic N) is 4. The van der Waals surface area contributed by atoms with E-state index in [1.165, 1.54) is 12.4 Å². The number of sulfone groups is 1. The van der Waals surface area contributed by atoms with E-state index >= 15 is 0 Å². The summed E-state index contributed by atoms with van der Waals surface area (Å²) >= 11 is 0. The number of likely N-dealkylation sites (tertiary alicyclic amines) is 1. The van der Waals surface area contributed by atoms with Gasteiger partial charge in [-0.3, -0.25) is 4.79 Å². The number of halogens is 6. The second-order valence-electron chi connectivity index (χ2n) is 7.81. The lowest BCUT2D eigenvalue weighted by Crippen LogP contribution is -2.43. The molecule has 1 aromatic heterocycles. The molecule has 1 atom stereocenters. The van der Waals surface area contributed by atoms with E-state index in [4.69, 9.17) is 0 Å². The third-order valence-electron chi connectivity index (χ3n) is 5.84. The van der Waals surface area contributed by atoms with Crippen LogP contribution in [0.25, 0.3) is 5.69 Å². The number of rotatable bonds is 4. The number of hydrogen-bond donors (Lipinski definition) is 0. The number of alkyl halides is 6. The van der Waals surface area contributed by atoms with Gasteiger partial charge in [0.2, 0.25) is 5.91 Å². The quantitative estimate of drug-likeness (QED) is 0.626. The zero-order chi connectivity index (χ0) is 23.5. The van der Waals surface area contributed by atoms with E-state index in [0.717, 1.165) is 21.7 Å². The van der Waals surface area contributed by atoms with E-state index in [2.05, 4.69) is 10.3 Å². The molecule has 1 unspecified atom stereocenters. The predicted molar refractivity (Wildman–Crippen MR) is 96.3 cm³/mol. The fourth-order valence-electron chi connectivity index (χ4n) is 3.87. The van der Waals surface area contributed by atoms with Crippen molar-refractivity contribution in [3.8, 4) is 5.69 Å². The van der Waals surface area contributed by atoms with Gasteiger partial charge in [-0.1, -0.05) is 5.21 Å². The Labute approximate surface area is 177 Å². The number of benzene rings is 1. The second kappa shape index (κ2) is 7.18. The van der Waals surface area contributed by atoms with Gasteiger partial charge in [0.15, 0.2) is 9.84 Å². The van der Waals surface area contributed by atoms with E-state index in [-0.39, 0.29) is 31.5 Å². The number of carbonyl (C=O) groups is 1. The van der Waals surface area contributed by atoms with Crippen LogP contribution in [0, 0.1) is 5.41 Å². The van der Waals surface area contributed by atoms with Crippen molar-refractivity contribution in [1.82, 2.24) is 19.9 Å². The molecule has 1 aromatic carbocycles. The number of aromatic nitrogens is 3. The van der Waals surface area contributed by atoms with Crippen molar-refractivity contribution in [1.29, 1.82) is 0 Å². The minimum absolute atomic E-state index is 0.0714. The highest BCUT2D eigenvalue weighted by Gasteiger charge is 2.69. The molecule has 1 saturated heterocycles. The highest BCUT2D eigenvalue weighted by atomic mass is 32.2. The molecule has 0 radical (unpaired) electrons. The molecule has 1 aliphatic heterocycles. The van der Waals surface area contributed by atoms with Crippen molar-refractivity contribution in [3.63, 3.8) is 0 Å². The highest BCUT2D eigenvalue weighted by Crippen LogP contribution is 2.59. The molecule has 7 nitrogen and oxygen atoms in total. The summed E-state index contributed by atoms with van der Waals surface area (Å²) in [6, 6.07) is 2.53. The molecule has 2 aromatic rings. The van der Waals surface area contributed by atoms with Crippen LogP contribution in [-0.2, 0) is 20.8 Å². The first kappa shape index (κ1) is 22.6. The lowest BCUT2D eigenvalue weighted by molar-refractivity contribution is -0.197. The molecular formula is C18H16F6N4O3S. The van der Waals surface area contributed by atoms with Gasteiger partial charge in [-0.15, -0.1) is 5.10 Å². The van der Waals surface area contributed by atoms with Crippen LogP contribution in [0.4, 0.5) is 26.3 Å². The fourth-order valence-corrected chi connectivity index (χ4v) is 5.76. The van der Waals surface area contributed by atoms with Gasteiger partial charge in [-0.05, 0) is 37.5 Å². The highest BCUT2D eigenvalue weighted by molar-refractivity contribution is 7.92. The topological polar surface area (TPSA) is 85.2 Å². The largest absolute Gasteiger partial charge is 0.417 e. The summed E-state index contributed by atoms with van der Waals surface area (Å²) in [6.07, 6.45) is -8.31. The smallest absolute Gasteiger partial charge is 0.341 e. The third kappa shape index (κ3) is 3.63. The average molecular weight is 482 g/mol. The van der Waals surface area contributed by atoms with Crippen LogP contribution in [0.1, 0.15) is 24.8 Å². The minimum Gasteiger partial charge on any atom is -0.341 e. The summed E-state index contributed by atoms with van der Waals surface area (Å²) < 4.78 is 108. The van der Waals surface area contributed by atoms with Crippen LogP contribution in [0.5, 0.6) is 0 Å². The Balaban J connectivity index is 1.64.